The molecular formula is C9H11BF3-. The van der Waals surface area contributed by atoms with Gasteiger partial charge in [0.05, 0.1) is 0 Å². The Kier molecular flexibility index (Phi) is 3.01. The average Bonchev–Trinajstić information content (AvgIpc) is 2.02. The van der Waals surface area contributed by atoms with Crippen LogP contribution in [0.25, 0.3) is 0 Å². The van der Waals surface area contributed by atoms with Crippen molar-refractivity contribution in [2.45, 2.75) is 19.7 Å². The zero-order valence-corrected chi connectivity index (χ0v) is 7.43. The van der Waals surface area contributed by atoms with E-state index in [2.05, 4.69) is 0 Å². The van der Waals surface area contributed by atoms with Gasteiger partial charge in [0.1, 0.15) is 0 Å². The molecule has 0 saturated carbocycles. The fourth-order valence-corrected chi connectivity index (χ4v) is 1.09. The van der Waals surface area contributed by atoms with Crippen molar-refractivity contribution in [1.29, 1.82) is 0 Å². The minimum absolute atomic E-state index is 0.101. The highest BCUT2D eigenvalue weighted by Crippen LogP contribution is 2.18. The summed E-state index contributed by atoms with van der Waals surface area (Å²) in [5.41, 5.74) is 1.83. The Hall–Kier alpha value is -0.925. The molecular weight excluding hydrogens is 176 g/mol. The highest BCUT2D eigenvalue weighted by Gasteiger charge is 2.21. The van der Waals surface area contributed by atoms with Crippen molar-refractivity contribution >= 4 is 6.98 Å². The Bertz CT molecular complexity index is 263. The molecule has 1 aromatic carbocycles. The van der Waals surface area contributed by atoms with E-state index in [1.54, 1.807) is 12.1 Å². The van der Waals surface area contributed by atoms with E-state index in [0.717, 1.165) is 11.1 Å². The Morgan fingerprint density at radius 1 is 1.08 bits per heavy atom. The first-order valence-electron chi connectivity index (χ1n) is 4.24. The summed E-state index contributed by atoms with van der Waals surface area (Å²) < 4.78 is 35.6. The average molecular weight is 187 g/mol. The van der Waals surface area contributed by atoms with Crippen molar-refractivity contribution in [2.24, 2.45) is 0 Å². The molecule has 0 aromatic heterocycles. The molecule has 1 rings (SSSR count). The molecule has 4 heteroatoms. The first kappa shape index (κ1) is 10.2. The largest absolute Gasteiger partial charge is 0.478 e. The van der Waals surface area contributed by atoms with Crippen molar-refractivity contribution in [3.8, 4) is 0 Å². The first-order valence-corrected chi connectivity index (χ1v) is 4.24. The summed E-state index contributed by atoms with van der Waals surface area (Å²) in [5, 5.41) is 0. The Balaban J connectivity index is 2.51. The van der Waals surface area contributed by atoms with Gasteiger partial charge in [-0.1, -0.05) is 48.1 Å². The molecule has 0 aliphatic rings. The number of aryl methyl sites for hydroxylation is 2. The zero-order valence-electron chi connectivity index (χ0n) is 7.43. The van der Waals surface area contributed by atoms with E-state index in [0.29, 0.717) is 0 Å². The second-order valence-electron chi connectivity index (χ2n) is 3.23. The SMILES string of the molecule is Cc1ccc(CC[B-](F)(F)F)cc1. The summed E-state index contributed by atoms with van der Waals surface area (Å²) in [4.78, 5) is 0. The fraction of sp³-hybridized carbons (Fsp3) is 0.333. The first-order chi connectivity index (χ1) is 5.97. The van der Waals surface area contributed by atoms with Crippen molar-refractivity contribution in [1.82, 2.24) is 0 Å². The van der Waals surface area contributed by atoms with Crippen LogP contribution in [0.3, 0.4) is 0 Å². The van der Waals surface area contributed by atoms with E-state index in [1.807, 2.05) is 19.1 Å². The van der Waals surface area contributed by atoms with Crippen LogP contribution in [0.4, 0.5) is 12.9 Å². The number of halogens is 3. The Morgan fingerprint density at radius 3 is 2.08 bits per heavy atom. The van der Waals surface area contributed by atoms with Gasteiger partial charge in [-0.05, 0) is 6.92 Å². The van der Waals surface area contributed by atoms with Gasteiger partial charge in [0.2, 0.25) is 0 Å². The molecule has 0 saturated heterocycles. The van der Waals surface area contributed by atoms with Crippen LogP contribution < -0.4 is 0 Å². The maximum absolute atomic E-state index is 11.9. The molecule has 0 unspecified atom stereocenters. The van der Waals surface area contributed by atoms with Gasteiger partial charge in [-0.25, -0.2) is 0 Å². The topological polar surface area (TPSA) is 0 Å². The lowest BCUT2D eigenvalue weighted by atomic mass is 9.82. The third kappa shape index (κ3) is 4.01. The van der Waals surface area contributed by atoms with E-state index >= 15 is 0 Å². The third-order valence-electron chi connectivity index (χ3n) is 1.88. The molecule has 0 nitrogen and oxygen atoms in total. The van der Waals surface area contributed by atoms with Crippen LogP contribution in [-0.4, -0.2) is 6.98 Å². The van der Waals surface area contributed by atoms with Crippen LogP contribution in [0.2, 0.25) is 6.32 Å². The fourth-order valence-electron chi connectivity index (χ4n) is 1.09. The van der Waals surface area contributed by atoms with Crippen LogP contribution in [0.5, 0.6) is 0 Å². The second kappa shape index (κ2) is 3.86. The Labute approximate surface area is 75.8 Å². The number of hydrogen-bond donors (Lipinski definition) is 0. The van der Waals surface area contributed by atoms with Gasteiger partial charge < -0.3 is 12.9 Å². The second-order valence-corrected chi connectivity index (χ2v) is 3.23. The number of benzene rings is 1. The third-order valence-corrected chi connectivity index (χ3v) is 1.88. The Morgan fingerprint density at radius 2 is 1.62 bits per heavy atom. The summed E-state index contributed by atoms with van der Waals surface area (Å²) in [6.07, 6.45) is -0.577. The van der Waals surface area contributed by atoms with Gasteiger partial charge in [-0.2, -0.15) is 0 Å². The van der Waals surface area contributed by atoms with Crippen molar-refractivity contribution in [3.05, 3.63) is 35.4 Å². The minimum atomic E-state index is -4.64. The lowest BCUT2D eigenvalue weighted by Gasteiger charge is -2.12. The van der Waals surface area contributed by atoms with Crippen LogP contribution in [-0.2, 0) is 6.42 Å². The lowest BCUT2D eigenvalue weighted by molar-refractivity contribution is 0.467. The standard InChI is InChI=1S/C9H11BF3/c1-8-2-4-9(5-3-8)6-7-10(11,12)13/h2-5H,6-7H2,1H3/q-1. The summed E-state index contributed by atoms with van der Waals surface area (Å²) >= 11 is 0. The van der Waals surface area contributed by atoms with Gasteiger partial charge in [0, 0.05) is 0 Å². The molecule has 1 aromatic rings. The highest BCUT2D eigenvalue weighted by molar-refractivity contribution is 6.58. The van der Waals surface area contributed by atoms with E-state index in [9.17, 15) is 12.9 Å². The van der Waals surface area contributed by atoms with Crippen LogP contribution in [0.1, 0.15) is 11.1 Å². The summed E-state index contributed by atoms with van der Waals surface area (Å²) in [6.45, 7) is -2.72. The molecule has 0 heterocycles. The van der Waals surface area contributed by atoms with Crippen LogP contribution >= 0.6 is 0 Å². The summed E-state index contributed by atoms with van der Waals surface area (Å²) in [7, 11) is 0. The van der Waals surface area contributed by atoms with E-state index in [1.165, 1.54) is 0 Å². The van der Waals surface area contributed by atoms with E-state index in [4.69, 9.17) is 0 Å². The minimum Gasteiger partial charge on any atom is -0.449 e. The van der Waals surface area contributed by atoms with Gasteiger partial charge in [-0.3, -0.25) is 0 Å². The summed E-state index contributed by atoms with van der Waals surface area (Å²) in [5.74, 6) is 0. The number of rotatable bonds is 3. The van der Waals surface area contributed by atoms with Crippen molar-refractivity contribution in [3.63, 3.8) is 0 Å². The van der Waals surface area contributed by atoms with Gasteiger partial charge in [0.25, 0.3) is 0 Å². The zero-order chi connectivity index (χ0) is 9.90. The smallest absolute Gasteiger partial charge is 0.449 e. The van der Waals surface area contributed by atoms with Crippen molar-refractivity contribution < 1.29 is 12.9 Å². The van der Waals surface area contributed by atoms with Crippen LogP contribution in [0.15, 0.2) is 24.3 Å². The quantitative estimate of drug-likeness (QED) is 0.636. The van der Waals surface area contributed by atoms with Gasteiger partial charge in [-0.15, -0.1) is 0 Å². The van der Waals surface area contributed by atoms with Gasteiger partial charge in [0.15, 0.2) is 0 Å². The monoisotopic (exact) mass is 187 g/mol. The molecule has 13 heavy (non-hydrogen) atoms. The van der Waals surface area contributed by atoms with Crippen molar-refractivity contribution in [2.75, 3.05) is 0 Å². The molecule has 72 valence electrons. The molecule has 0 radical (unpaired) electrons. The molecule has 0 atom stereocenters. The molecule has 0 fully saturated rings. The summed E-state index contributed by atoms with van der Waals surface area (Å²) in [6, 6.07) is 7.16. The molecule has 0 spiro atoms. The molecule has 0 bridgehead atoms. The molecule has 0 aliphatic heterocycles. The van der Waals surface area contributed by atoms with E-state index < -0.39 is 13.3 Å². The predicted octanol–water partition coefficient (Wildman–Crippen LogP) is 3.38. The molecule has 0 aliphatic carbocycles. The lowest BCUT2D eigenvalue weighted by Crippen LogP contribution is -2.15. The maximum Gasteiger partial charge on any atom is 0.478 e. The molecule has 0 amide bonds. The van der Waals surface area contributed by atoms with Crippen LogP contribution in [0, 0.1) is 6.92 Å². The molecule has 0 N–H and O–H groups in total. The maximum atomic E-state index is 11.9. The van der Waals surface area contributed by atoms with Gasteiger partial charge >= 0.3 is 6.98 Å². The highest BCUT2D eigenvalue weighted by atomic mass is 19.4. The predicted molar refractivity (Wildman–Crippen MR) is 48.8 cm³/mol. The normalized spacial score (nSPS) is 11.7. The number of hydrogen-bond acceptors (Lipinski definition) is 0. The van der Waals surface area contributed by atoms with E-state index in [-0.39, 0.29) is 6.42 Å².